The summed E-state index contributed by atoms with van der Waals surface area (Å²) >= 11 is 1.44. The molecule has 0 saturated carbocycles. The summed E-state index contributed by atoms with van der Waals surface area (Å²) in [5.74, 6) is 1.87. The number of hydrogen-bond donors (Lipinski definition) is 1. The summed E-state index contributed by atoms with van der Waals surface area (Å²) in [4.78, 5) is 16.3. The Balaban J connectivity index is 1.48. The number of anilines is 1. The second-order valence-electron chi connectivity index (χ2n) is 5.78. The highest BCUT2D eigenvalue weighted by Crippen LogP contribution is 2.19. The minimum absolute atomic E-state index is 0.0490. The number of aryl methyl sites for hydroxylation is 2. The number of rotatable bonds is 6. The molecule has 0 saturated heterocycles. The van der Waals surface area contributed by atoms with E-state index in [1.165, 1.54) is 17.3 Å². The molecule has 6 heteroatoms. The summed E-state index contributed by atoms with van der Waals surface area (Å²) in [5.41, 5.74) is 4.06. The van der Waals surface area contributed by atoms with Gasteiger partial charge >= 0.3 is 0 Å². The summed E-state index contributed by atoms with van der Waals surface area (Å²) in [7, 11) is 0. The molecule has 0 atom stereocenters. The van der Waals surface area contributed by atoms with Gasteiger partial charge in [-0.1, -0.05) is 52.7 Å². The standard InChI is InChI=1S/C19H19N3O2S/c1-13-3-7-15(8-4-13)19-21-18(24-22-19)12-25-11-17(23)20-16-9-5-14(2)6-10-16/h3-10H,11-12H2,1-2H3,(H,20,23). The lowest BCUT2D eigenvalue weighted by molar-refractivity contribution is -0.113. The van der Waals surface area contributed by atoms with Crippen LogP contribution in [-0.2, 0) is 10.5 Å². The van der Waals surface area contributed by atoms with Crippen molar-refractivity contribution < 1.29 is 9.32 Å². The molecular weight excluding hydrogens is 334 g/mol. The lowest BCUT2D eigenvalue weighted by Gasteiger charge is -2.04. The van der Waals surface area contributed by atoms with Crippen molar-refractivity contribution in [3.63, 3.8) is 0 Å². The van der Waals surface area contributed by atoms with Crippen LogP contribution in [0.15, 0.2) is 53.1 Å². The largest absolute Gasteiger partial charge is 0.338 e. The van der Waals surface area contributed by atoms with E-state index < -0.39 is 0 Å². The van der Waals surface area contributed by atoms with Gasteiger partial charge in [0.05, 0.1) is 11.5 Å². The fraction of sp³-hybridized carbons (Fsp3) is 0.211. The van der Waals surface area contributed by atoms with Crippen molar-refractivity contribution in [2.75, 3.05) is 11.1 Å². The molecule has 1 aromatic heterocycles. The normalized spacial score (nSPS) is 10.6. The van der Waals surface area contributed by atoms with Gasteiger partial charge in [-0.3, -0.25) is 4.79 Å². The lowest BCUT2D eigenvalue weighted by atomic mass is 10.1. The molecule has 3 aromatic rings. The van der Waals surface area contributed by atoms with Crippen LogP contribution in [0.5, 0.6) is 0 Å². The molecule has 0 bridgehead atoms. The van der Waals surface area contributed by atoms with Gasteiger partial charge in [0.2, 0.25) is 17.6 Å². The Morgan fingerprint density at radius 2 is 1.68 bits per heavy atom. The van der Waals surface area contributed by atoms with E-state index in [2.05, 4.69) is 15.5 Å². The van der Waals surface area contributed by atoms with Gasteiger partial charge in [0.25, 0.3) is 0 Å². The summed E-state index contributed by atoms with van der Waals surface area (Å²) in [6.07, 6.45) is 0. The van der Waals surface area contributed by atoms with Crippen LogP contribution in [0.4, 0.5) is 5.69 Å². The molecule has 0 aliphatic rings. The number of thioether (sulfide) groups is 1. The molecule has 0 unspecified atom stereocenters. The van der Waals surface area contributed by atoms with Crippen molar-refractivity contribution in [3.05, 3.63) is 65.5 Å². The molecule has 128 valence electrons. The fourth-order valence-electron chi connectivity index (χ4n) is 2.20. The number of carbonyl (C=O) groups excluding carboxylic acids is 1. The molecule has 0 aliphatic heterocycles. The van der Waals surface area contributed by atoms with Crippen LogP contribution in [0.1, 0.15) is 17.0 Å². The van der Waals surface area contributed by atoms with Crippen LogP contribution in [0, 0.1) is 13.8 Å². The number of carbonyl (C=O) groups is 1. The average molecular weight is 353 g/mol. The number of hydrogen-bond acceptors (Lipinski definition) is 5. The highest BCUT2D eigenvalue weighted by Gasteiger charge is 2.10. The van der Waals surface area contributed by atoms with E-state index in [0.717, 1.165) is 16.8 Å². The predicted molar refractivity (Wildman–Crippen MR) is 100 cm³/mol. The van der Waals surface area contributed by atoms with E-state index in [1.54, 1.807) is 0 Å². The van der Waals surface area contributed by atoms with Crippen LogP contribution in [0.2, 0.25) is 0 Å². The molecule has 5 nitrogen and oxygen atoms in total. The van der Waals surface area contributed by atoms with Gasteiger partial charge in [0, 0.05) is 11.3 Å². The van der Waals surface area contributed by atoms with E-state index in [0.29, 0.717) is 23.2 Å². The first-order valence-electron chi connectivity index (χ1n) is 7.94. The van der Waals surface area contributed by atoms with Crippen molar-refractivity contribution in [1.82, 2.24) is 10.1 Å². The van der Waals surface area contributed by atoms with Crippen LogP contribution in [0.3, 0.4) is 0 Å². The number of nitrogens with zero attached hydrogens (tertiary/aromatic N) is 2. The molecular formula is C19H19N3O2S. The predicted octanol–water partition coefficient (Wildman–Crippen LogP) is 4.23. The zero-order chi connectivity index (χ0) is 17.6. The third-order valence-corrected chi connectivity index (χ3v) is 4.49. The lowest BCUT2D eigenvalue weighted by Crippen LogP contribution is -2.14. The Hall–Kier alpha value is -2.60. The molecule has 1 N–H and O–H groups in total. The van der Waals surface area contributed by atoms with Crippen molar-refractivity contribution in [3.8, 4) is 11.4 Å². The number of aromatic nitrogens is 2. The Kier molecular flexibility index (Phi) is 5.50. The zero-order valence-electron chi connectivity index (χ0n) is 14.2. The molecule has 2 aromatic carbocycles. The molecule has 25 heavy (non-hydrogen) atoms. The molecule has 0 spiro atoms. The molecule has 1 heterocycles. The van der Waals surface area contributed by atoms with Crippen LogP contribution in [-0.4, -0.2) is 21.8 Å². The Morgan fingerprint density at radius 3 is 2.36 bits per heavy atom. The summed E-state index contributed by atoms with van der Waals surface area (Å²) in [5, 5.41) is 6.86. The number of amides is 1. The van der Waals surface area contributed by atoms with E-state index in [4.69, 9.17) is 4.52 Å². The third-order valence-electron chi connectivity index (χ3n) is 3.57. The van der Waals surface area contributed by atoms with Gasteiger partial charge in [0.15, 0.2) is 0 Å². The van der Waals surface area contributed by atoms with Crippen molar-refractivity contribution >= 4 is 23.4 Å². The second kappa shape index (κ2) is 7.98. The molecule has 0 fully saturated rings. The van der Waals surface area contributed by atoms with Crippen LogP contribution in [0.25, 0.3) is 11.4 Å². The summed E-state index contributed by atoms with van der Waals surface area (Å²) < 4.78 is 5.25. The number of benzene rings is 2. The van der Waals surface area contributed by atoms with E-state index in [-0.39, 0.29) is 5.91 Å². The summed E-state index contributed by atoms with van der Waals surface area (Å²) in [6, 6.07) is 15.7. The number of nitrogens with one attached hydrogen (secondary N) is 1. The third kappa shape index (κ3) is 4.93. The maximum Gasteiger partial charge on any atom is 0.236 e. The van der Waals surface area contributed by atoms with Gasteiger partial charge in [-0.05, 0) is 26.0 Å². The first kappa shape index (κ1) is 17.2. The van der Waals surface area contributed by atoms with Crippen LogP contribution < -0.4 is 5.32 Å². The average Bonchev–Trinajstić information content (AvgIpc) is 3.06. The highest BCUT2D eigenvalue weighted by atomic mass is 32.2. The van der Waals surface area contributed by atoms with Gasteiger partial charge in [-0.2, -0.15) is 4.98 Å². The minimum Gasteiger partial charge on any atom is -0.338 e. The highest BCUT2D eigenvalue weighted by molar-refractivity contribution is 7.99. The van der Waals surface area contributed by atoms with Gasteiger partial charge < -0.3 is 9.84 Å². The smallest absolute Gasteiger partial charge is 0.236 e. The summed E-state index contributed by atoms with van der Waals surface area (Å²) in [6.45, 7) is 4.04. The molecule has 1 amide bonds. The molecule has 0 radical (unpaired) electrons. The van der Waals surface area contributed by atoms with Crippen LogP contribution >= 0.6 is 11.8 Å². The van der Waals surface area contributed by atoms with Crippen molar-refractivity contribution in [1.29, 1.82) is 0 Å². The first-order valence-corrected chi connectivity index (χ1v) is 9.09. The Bertz CT molecular complexity index is 842. The van der Waals surface area contributed by atoms with E-state index in [1.807, 2.05) is 62.4 Å². The van der Waals surface area contributed by atoms with Gasteiger partial charge in [-0.25, -0.2) is 0 Å². The maximum atomic E-state index is 11.9. The Morgan fingerprint density at radius 1 is 1.04 bits per heavy atom. The van der Waals surface area contributed by atoms with Gasteiger partial charge in [-0.15, -0.1) is 11.8 Å². The zero-order valence-corrected chi connectivity index (χ0v) is 15.0. The van der Waals surface area contributed by atoms with E-state index >= 15 is 0 Å². The topological polar surface area (TPSA) is 68.0 Å². The van der Waals surface area contributed by atoms with Gasteiger partial charge in [0.1, 0.15) is 0 Å². The Labute approximate surface area is 150 Å². The fourth-order valence-corrected chi connectivity index (χ4v) is 2.85. The maximum absolute atomic E-state index is 11.9. The quantitative estimate of drug-likeness (QED) is 0.718. The monoisotopic (exact) mass is 353 g/mol. The molecule has 3 rings (SSSR count). The van der Waals surface area contributed by atoms with Crippen molar-refractivity contribution in [2.24, 2.45) is 0 Å². The minimum atomic E-state index is -0.0490. The van der Waals surface area contributed by atoms with E-state index in [9.17, 15) is 4.79 Å². The molecule has 0 aliphatic carbocycles. The SMILES string of the molecule is Cc1ccc(NC(=O)CSCc2nc(-c3ccc(C)cc3)no2)cc1. The van der Waals surface area contributed by atoms with Crippen molar-refractivity contribution in [2.45, 2.75) is 19.6 Å². The second-order valence-corrected chi connectivity index (χ2v) is 6.77. The first-order chi connectivity index (χ1) is 12.1.